The predicted molar refractivity (Wildman–Crippen MR) is 111 cm³/mol. The van der Waals surface area contributed by atoms with Gasteiger partial charge in [0.1, 0.15) is 0 Å². The lowest BCUT2D eigenvalue weighted by Gasteiger charge is -2.34. The van der Waals surface area contributed by atoms with Gasteiger partial charge in [-0.3, -0.25) is 0 Å². The summed E-state index contributed by atoms with van der Waals surface area (Å²) in [4.78, 5) is 4.88. The van der Waals surface area contributed by atoms with Gasteiger partial charge in [-0.25, -0.2) is 0 Å². The van der Waals surface area contributed by atoms with Gasteiger partial charge >= 0.3 is 0 Å². The summed E-state index contributed by atoms with van der Waals surface area (Å²) in [6.07, 6.45) is 1.37. The summed E-state index contributed by atoms with van der Waals surface area (Å²) in [6.45, 7) is 7.32. The molecule has 144 valence electrons. The summed E-state index contributed by atoms with van der Waals surface area (Å²) in [5.74, 6) is 0.553. The highest BCUT2D eigenvalue weighted by Gasteiger charge is 2.29. The molecule has 2 aliphatic rings. The van der Waals surface area contributed by atoms with Gasteiger partial charge < -0.3 is 19.9 Å². The summed E-state index contributed by atoms with van der Waals surface area (Å²) < 4.78 is 6.00. The third kappa shape index (κ3) is 4.70. The SMILES string of the molecule is CN1CCN(c2ccc(CNC[C@H]3CCO[C@@H]3c3ccccc3)cc2)CC1. The highest BCUT2D eigenvalue weighted by molar-refractivity contribution is 5.48. The molecule has 0 amide bonds. The van der Waals surface area contributed by atoms with E-state index in [1.807, 2.05) is 0 Å². The molecule has 2 atom stereocenters. The van der Waals surface area contributed by atoms with Crippen LogP contribution in [-0.4, -0.2) is 51.3 Å². The number of likely N-dealkylation sites (N-methyl/N-ethyl adjacent to an activating group) is 1. The van der Waals surface area contributed by atoms with Gasteiger partial charge in [0.2, 0.25) is 0 Å². The van der Waals surface area contributed by atoms with Gasteiger partial charge in [0.05, 0.1) is 6.10 Å². The smallest absolute Gasteiger partial charge is 0.0866 e. The first kappa shape index (κ1) is 18.5. The van der Waals surface area contributed by atoms with Crippen molar-refractivity contribution in [2.24, 2.45) is 5.92 Å². The summed E-state index contributed by atoms with van der Waals surface area (Å²) in [6, 6.07) is 19.7. The molecule has 1 N–H and O–H groups in total. The van der Waals surface area contributed by atoms with Crippen molar-refractivity contribution in [3.8, 4) is 0 Å². The number of anilines is 1. The highest BCUT2D eigenvalue weighted by atomic mass is 16.5. The minimum atomic E-state index is 0.235. The fraction of sp³-hybridized carbons (Fsp3) is 0.478. The van der Waals surface area contributed by atoms with Crippen molar-refractivity contribution in [3.05, 3.63) is 65.7 Å². The molecular weight excluding hydrogens is 334 g/mol. The molecule has 4 heteroatoms. The zero-order chi connectivity index (χ0) is 18.5. The van der Waals surface area contributed by atoms with E-state index < -0.39 is 0 Å². The molecule has 0 bridgehead atoms. The van der Waals surface area contributed by atoms with Crippen LogP contribution in [0.5, 0.6) is 0 Å². The van der Waals surface area contributed by atoms with Crippen LogP contribution in [0.1, 0.15) is 23.7 Å². The number of nitrogens with one attached hydrogen (secondary N) is 1. The van der Waals surface area contributed by atoms with Gasteiger partial charge in [-0.15, -0.1) is 0 Å². The molecule has 0 radical (unpaired) electrons. The Hall–Kier alpha value is -1.88. The van der Waals surface area contributed by atoms with Crippen molar-refractivity contribution >= 4 is 5.69 Å². The van der Waals surface area contributed by atoms with Crippen LogP contribution in [0.25, 0.3) is 0 Å². The molecule has 27 heavy (non-hydrogen) atoms. The first-order valence-electron chi connectivity index (χ1n) is 10.2. The van der Waals surface area contributed by atoms with Crippen molar-refractivity contribution in [1.82, 2.24) is 10.2 Å². The Morgan fingerprint density at radius 2 is 1.70 bits per heavy atom. The topological polar surface area (TPSA) is 27.7 Å². The lowest BCUT2D eigenvalue weighted by molar-refractivity contribution is 0.0904. The van der Waals surface area contributed by atoms with Crippen molar-refractivity contribution < 1.29 is 4.74 Å². The van der Waals surface area contributed by atoms with Crippen LogP contribution in [0, 0.1) is 5.92 Å². The number of ether oxygens (including phenoxy) is 1. The van der Waals surface area contributed by atoms with Crippen LogP contribution < -0.4 is 10.2 Å². The fourth-order valence-corrected chi connectivity index (χ4v) is 4.15. The predicted octanol–water partition coefficient (Wildman–Crippen LogP) is 3.31. The summed E-state index contributed by atoms with van der Waals surface area (Å²) in [7, 11) is 2.20. The van der Waals surface area contributed by atoms with E-state index in [0.717, 1.165) is 52.3 Å². The maximum atomic E-state index is 6.00. The number of hydrogen-bond acceptors (Lipinski definition) is 4. The van der Waals surface area contributed by atoms with E-state index in [1.54, 1.807) is 0 Å². The number of benzene rings is 2. The molecule has 2 heterocycles. The van der Waals surface area contributed by atoms with Crippen molar-refractivity contribution in [1.29, 1.82) is 0 Å². The van der Waals surface area contributed by atoms with E-state index in [0.29, 0.717) is 5.92 Å². The Bertz CT molecular complexity index is 695. The Morgan fingerprint density at radius 3 is 2.44 bits per heavy atom. The van der Waals surface area contributed by atoms with Crippen LogP contribution in [0.3, 0.4) is 0 Å². The van der Waals surface area contributed by atoms with E-state index >= 15 is 0 Å². The molecule has 2 aromatic carbocycles. The number of nitrogens with zero attached hydrogens (tertiary/aromatic N) is 2. The number of piperazine rings is 1. The molecule has 2 aromatic rings. The second kappa shape index (κ2) is 8.87. The van der Waals surface area contributed by atoms with Crippen molar-refractivity contribution in [2.45, 2.75) is 19.1 Å². The monoisotopic (exact) mass is 365 g/mol. The van der Waals surface area contributed by atoms with Gasteiger partial charge in [-0.1, -0.05) is 42.5 Å². The van der Waals surface area contributed by atoms with E-state index in [-0.39, 0.29) is 6.10 Å². The second-order valence-corrected chi connectivity index (χ2v) is 7.84. The molecule has 2 aliphatic heterocycles. The van der Waals surface area contributed by atoms with E-state index in [4.69, 9.17) is 4.74 Å². The molecule has 0 aliphatic carbocycles. The largest absolute Gasteiger partial charge is 0.373 e. The molecule has 2 saturated heterocycles. The summed E-state index contributed by atoms with van der Waals surface area (Å²) >= 11 is 0. The maximum Gasteiger partial charge on any atom is 0.0866 e. The molecule has 4 rings (SSSR count). The molecule has 0 unspecified atom stereocenters. The molecule has 4 nitrogen and oxygen atoms in total. The average Bonchev–Trinajstić information content (AvgIpc) is 3.18. The third-order valence-corrected chi connectivity index (χ3v) is 5.88. The second-order valence-electron chi connectivity index (χ2n) is 7.84. The highest BCUT2D eigenvalue weighted by Crippen LogP contribution is 2.33. The van der Waals surface area contributed by atoms with Gasteiger partial charge in [0, 0.05) is 57.5 Å². The molecule has 2 fully saturated rings. The Kier molecular flexibility index (Phi) is 6.07. The van der Waals surface area contributed by atoms with Crippen molar-refractivity contribution in [3.63, 3.8) is 0 Å². The molecular formula is C23H31N3O. The number of rotatable bonds is 6. The van der Waals surface area contributed by atoms with Crippen molar-refractivity contribution in [2.75, 3.05) is 51.3 Å². The minimum absolute atomic E-state index is 0.235. The van der Waals surface area contributed by atoms with Gasteiger partial charge in [0.25, 0.3) is 0 Å². The average molecular weight is 366 g/mol. The quantitative estimate of drug-likeness (QED) is 0.850. The maximum absolute atomic E-state index is 6.00. The summed E-state index contributed by atoms with van der Waals surface area (Å²) in [5, 5.41) is 3.65. The minimum Gasteiger partial charge on any atom is -0.373 e. The molecule has 0 spiro atoms. The number of hydrogen-bond donors (Lipinski definition) is 1. The zero-order valence-electron chi connectivity index (χ0n) is 16.3. The fourth-order valence-electron chi connectivity index (χ4n) is 4.15. The Labute approximate surface area is 163 Å². The third-order valence-electron chi connectivity index (χ3n) is 5.88. The molecule has 0 saturated carbocycles. The van der Waals surface area contributed by atoms with E-state index in [9.17, 15) is 0 Å². The van der Waals surface area contributed by atoms with E-state index in [2.05, 4.69) is 76.8 Å². The standard InChI is InChI=1S/C23H31N3O/c1-25-12-14-26(15-13-25)22-9-7-19(8-10-22)17-24-18-21-11-16-27-23(21)20-5-3-2-4-6-20/h2-10,21,23-24H,11-18H2,1H3/t21-,23-/m1/s1. The zero-order valence-corrected chi connectivity index (χ0v) is 16.3. The van der Waals surface area contributed by atoms with Crippen LogP contribution >= 0.6 is 0 Å². The first-order valence-corrected chi connectivity index (χ1v) is 10.2. The Morgan fingerprint density at radius 1 is 0.963 bits per heavy atom. The van der Waals surface area contributed by atoms with Crippen LogP contribution in [0.2, 0.25) is 0 Å². The Balaban J connectivity index is 1.26. The van der Waals surface area contributed by atoms with Gasteiger partial charge in [-0.05, 0) is 36.7 Å². The normalized spacial score (nSPS) is 23.7. The lowest BCUT2D eigenvalue weighted by Crippen LogP contribution is -2.44. The van der Waals surface area contributed by atoms with Crippen LogP contribution in [0.4, 0.5) is 5.69 Å². The van der Waals surface area contributed by atoms with Gasteiger partial charge in [-0.2, -0.15) is 0 Å². The van der Waals surface area contributed by atoms with Crippen LogP contribution in [-0.2, 0) is 11.3 Å². The van der Waals surface area contributed by atoms with Crippen LogP contribution in [0.15, 0.2) is 54.6 Å². The first-order chi connectivity index (χ1) is 13.3. The van der Waals surface area contributed by atoms with Gasteiger partial charge in [0.15, 0.2) is 0 Å². The lowest BCUT2D eigenvalue weighted by atomic mass is 9.95. The molecule has 0 aromatic heterocycles. The van der Waals surface area contributed by atoms with E-state index in [1.165, 1.54) is 16.8 Å². The summed E-state index contributed by atoms with van der Waals surface area (Å²) in [5.41, 5.74) is 4.00.